The molecule has 10 nitrogen and oxygen atoms in total. The summed E-state index contributed by atoms with van der Waals surface area (Å²) in [5, 5.41) is 12.6. The van der Waals surface area contributed by atoms with Gasteiger partial charge in [-0.2, -0.15) is 0 Å². The van der Waals surface area contributed by atoms with Crippen LogP contribution in [0.25, 0.3) is 0 Å². The number of rotatable bonds is 8. The molecule has 1 aliphatic carbocycles. The number of piperidine rings is 2. The first-order valence-electron chi connectivity index (χ1n) is 20.4. The maximum Gasteiger partial charge on any atom is 0.255 e. The number of amides is 3. The minimum absolute atomic E-state index is 0.120. The Hall–Kier alpha value is -4.41. The van der Waals surface area contributed by atoms with Crippen LogP contribution >= 0.6 is 0 Å². The molecular formula is C44H53N5O5. The molecule has 0 bridgehead atoms. The molecule has 1 saturated carbocycles. The Morgan fingerprint density at radius 3 is 2.24 bits per heavy atom. The maximum atomic E-state index is 13.1. The average molecular weight is 732 g/mol. The number of ether oxygens (including phenoxy) is 1. The molecule has 10 heteroatoms. The molecule has 4 fully saturated rings. The topological polar surface area (TPSA) is 106 Å². The van der Waals surface area contributed by atoms with Crippen molar-refractivity contribution in [2.24, 2.45) is 11.8 Å². The van der Waals surface area contributed by atoms with Crippen LogP contribution in [0.3, 0.4) is 0 Å². The number of fused-ring (bicyclic) bond motifs is 2. The van der Waals surface area contributed by atoms with E-state index in [0.29, 0.717) is 36.8 Å². The normalized spacial score (nSPS) is 25.6. The average Bonchev–Trinajstić information content (AvgIpc) is 3.82. The van der Waals surface area contributed by atoms with E-state index in [0.717, 1.165) is 75.0 Å². The van der Waals surface area contributed by atoms with Crippen molar-refractivity contribution in [2.75, 3.05) is 55.6 Å². The standard InChI is InChI=1S/C44H53N5O5/c50-36-10-12-37-33(25-36)28-54-40(23-29-3-1-2-4-29)42(37)31-5-7-34(8-6-31)47-17-15-30(16-18-47)26-46-19-21-48(22-20-46)35-9-11-38-32(24-35)27-49(44(38)53)39-13-14-41(51)45-43(39)52/h5-12,24-25,29-30,39-40,42,50H,1-4,13-23,26-28H2,(H,45,51,52)/t39-,40-,42-/m0/s1. The molecular weight excluding hydrogens is 679 g/mol. The van der Waals surface area contributed by atoms with Gasteiger partial charge in [-0.3, -0.25) is 24.6 Å². The number of nitrogens with zero attached hydrogens (tertiary/aromatic N) is 4. The van der Waals surface area contributed by atoms with Crippen molar-refractivity contribution in [3.05, 3.63) is 88.5 Å². The number of anilines is 2. The van der Waals surface area contributed by atoms with Crippen molar-refractivity contribution in [2.45, 2.75) is 89.0 Å². The molecule has 3 saturated heterocycles. The Balaban J connectivity index is 0.768. The molecule has 5 heterocycles. The van der Waals surface area contributed by atoms with Crippen molar-refractivity contribution >= 4 is 29.1 Å². The number of carbonyl (C=O) groups excluding carboxylic acids is 3. The summed E-state index contributed by atoms with van der Waals surface area (Å²) in [6.07, 6.45) is 9.63. The van der Waals surface area contributed by atoms with Crippen LogP contribution in [0.5, 0.6) is 5.75 Å². The fourth-order valence-electron chi connectivity index (χ4n) is 10.3. The number of hydrogen-bond acceptors (Lipinski definition) is 8. The van der Waals surface area contributed by atoms with Crippen molar-refractivity contribution < 1.29 is 24.2 Å². The second-order valence-electron chi connectivity index (χ2n) is 16.6. The predicted octanol–water partition coefficient (Wildman–Crippen LogP) is 5.80. The number of piperazine rings is 1. The largest absolute Gasteiger partial charge is 0.508 e. The highest BCUT2D eigenvalue weighted by Crippen LogP contribution is 2.43. The van der Waals surface area contributed by atoms with E-state index >= 15 is 0 Å². The molecule has 3 aromatic carbocycles. The number of hydrogen-bond donors (Lipinski definition) is 2. The van der Waals surface area contributed by atoms with Crippen LogP contribution in [0.1, 0.15) is 96.3 Å². The lowest BCUT2D eigenvalue weighted by Crippen LogP contribution is -2.52. The van der Waals surface area contributed by atoms with Gasteiger partial charge in [0.2, 0.25) is 11.8 Å². The number of phenols is 1. The molecule has 0 spiro atoms. The second-order valence-corrected chi connectivity index (χ2v) is 16.6. The third kappa shape index (κ3) is 7.10. The van der Waals surface area contributed by atoms with Gasteiger partial charge in [0, 0.05) is 81.6 Å². The molecule has 0 unspecified atom stereocenters. The highest BCUT2D eigenvalue weighted by atomic mass is 16.5. The van der Waals surface area contributed by atoms with Crippen LogP contribution in [-0.2, 0) is 27.5 Å². The number of imide groups is 1. The molecule has 9 rings (SSSR count). The highest BCUT2D eigenvalue weighted by molar-refractivity contribution is 6.05. The van der Waals surface area contributed by atoms with E-state index in [1.807, 2.05) is 24.3 Å². The van der Waals surface area contributed by atoms with Gasteiger partial charge in [0.1, 0.15) is 11.8 Å². The highest BCUT2D eigenvalue weighted by Gasteiger charge is 2.40. The quantitative estimate of drug-likeness (QED) is 0.280. The number of nitrogens with one attached hydrogen (secondary N) is 1. The molecule has 0 aromatic heterocycles. The summed E-state index contributed by atoms with van der Waals surface area (Å²) < 4.78 is 6.52. The summed E-state index contributed by atoms with van der Waals surface area (Å²) in [5.74, 6) is 1.19. The first-order valence-corrected chi connectivity index (χ1v) is 20.4. The Labute approximate surface area is 318 Å². The first kappa shape index (κ1) is 35.3. The number of benzene rings is 3. The maximum absolute atomic E-state index is 13.1. The Bertz CT molecular complexity index is 1880. The number of phenolic OH excluding ortho intramolecular Hbond substituents is 1. The lowest BCUT2D eigenvalue weighted by molar-refractivity contribution is -0.136. The molecule has 54 heavy (non-hydrogen) atoms. The SMILES string of the molecule is O=C1CC[C@H](N2Cc3cc(N4CCN(CC5CCN(c6ccc([C@H]7c8ccc(O)cc8CO[C@H]7CC7CCCC7)cc6)CC5)CC4)ccc3C2=O)C(=O)N1. The van der Waals surface area contributed by atoms with Crippen LogP contribution in [0, 0.1) is 11.8 Å². The van der Waals surface area contributed by atoms with Gasteiger partial charge in [0.05, 0.1) is 12.7 Å². The first-order chi connectivity index (χ1) is 26.4. The zero-order valence-electron chi connectivity index (χ0n) is 31.3. The summed E-state index contributed by atoms with van der Waals surface area (Å²) in [7, 11) is 0. The van der Waals surface area contributed by atoms with Crippen LogP contribution in [0.4, 0.5) is 11.4 Å². The molecule has 6 aliphatic rings. The summed E-state index contributed by atoms with van der Waals surface area (Å²) in [5.41, 5.74) is 7.79. The summed E-state index contributed by atoms with van der Waals surface area (Å²) in [6, 6.07) is 20.6. The smallest absolute Gasteiger partial charge is 0.255 e. The van der Waals surface area contributed by atoms with Crippen molar-refractivity contribution in [1.82, 2.24) is 15.1 Å². The summed E-state index contributed by atoms with van der Waals surface area (Å²) in [4.78, 5) is 46.5. The number of aromatic hydroxyl groups is 1. The van der Waals surface area contributed by atoms with Gasteiger partial charge in [-0.05, 0) is 102 Å². The van der Waals surface area contributed by atoms with E-state index < -0.39 is 6.04 Å². The molecule has 3 amide bonds. The van der Waals surface area contributed by atoms with E-state index in [9.17, 15) is 19.5 Å². The van der Waals surface area contributed by atoms with Gasteiger partial charge in [-0.1, -0.05) is 43.9 Å². The lowest BCUT2D eigenvalue weighted by atomic mass is 9.79. The zero-order chi connectivity index (χ0) is 36.8. The predicted molar refractivity (Wildman–Crippen MR) is 208 cm³/mol. The lowest BCUT2D eigenvalue weighted by Gasteiger charge is -2.40. The van der Waals surface area contributed by atoms with Crippen LogP contribution in [0.15, 0.2) is 60.7 Å². The van der Waals surface area contributed by atoms with E-state index in [2.05, 4.69) is 56.4 Å². The van der Waals surface area contributed by atoms with Gasteiger partial charge in [-0.25, -0.2) is 0 Å². The fourth-order valence-corrected chi connectivity index (χ4v) is 10.3. The van der Waals surface area contributed by atoms with Crippen molar-refractivity contribution in [1.29, 1.82) is 0 Å². The summed E-state index contributed by atoms with van der Waals surface area (Å²) in [6.45, 7) is 8.23. The monoisotopic (exact) mass is 731 g/mol. The van der Waals surface area contributed by atoms with Gasteiger partial charge >= 0.3 is 0 Å². The number of carbonyl (C=O) groups is 3. The molecule has 3 aromatic rings. The van der Waals surface area contributed by atoms with E-state index in [1.54, 1.807) is 4.90 Å². The molecule has 5 aliphatic heterocycles. The minimum Gasteiger partial charge on any atom is -0.508 e. The van der Waals surface area contributed by atoms with Crippen molar-refractivity contribution in [3.8, 4) is 5.75 Å². The Kier molecular flexibility index (Phi) is 9.82. The second kappa shape index (κ2) is 15.0. The van der Waals surface area contributed by atoms with E-state index in [1.165, 1.54) is 55.3 Å². The van der Waals surface area contributed by atoms with Crippen LogP contribution < -0.4 is 15.1 Å². The van der Waals surface area contributed by atoms with Gasteiger partial charge < -0.3 is 24.5 Å². The minimum atomic E-state index is -0.584. The molecule has 2 N–H and O–H groups in total. The van der Waals surface area contributed by atoms with Crippen molar-refractivity contribution in [3.63, 3.8) is 0 Å². The molecule has 284 valence electrons. The van der Waals surface area contributed by atoms with Crippen LogP contribution in [-0.4, -0.2) is 90.6 Å². The third-order valence-electron chi connectivity index (χ3n) is 13.3. The molecule has 3 atom stereocenters. The zero-order valence-corrected chi connectivity index (χ0v) is 31.3. The van der Waals surface area contributed by atoms with Crippen LogP contribution in [0.2, 0.25) is 0 Å². The van der Waals surface area contributed by atoms with E-state index in [4.69, 9.17) is 4.74 Å². The molecule has 0 radical (unpaired) electrons. The Morgan fingerprint density at radius 2 is 1.48 bits per heavy atom. The van der Waals surface area contributed by atoms with Gasteiger partial charge in [-0.15, -0.1) is 0 Å². The van der Waals surface area contributed by atoms with Gasteiger partial charge in [0.25, 0.3) is 5.91 Å². The summed E-state index contributed by atoms with van der Waals surface area (Å²) >= 11 is 0. The van der Waals surface area contributed by atoms with Gasteiger partial charge in [0.15, 0.2) is 0 Å². The third-order valence-corrected chi connectivity index (χ3v) is 13.3. The fraction of sp³-hybridized carbons (Fsp3) is 0.523. The van der Waals surface area contributed by atoms with E-state index in [-0.39, 0.29) is 36.2 Å². The Morgan fingerprint density at radius 1 is 0.741 bits per heavy atom.